The molecule has 2 N–H and O–H groups in total. The van der Waals surface area contributed by atoms with Crippen molar-refractivity contribution in [2.45, 2.75) is 13.3 Å². The first-order valence-electron chi connectivity index (χ1n) is 9.14. The van der Waals surface area contributed by atoms with E-state index in [2.05, 4.69) is 15.8 Å². The van der Waals surface area contributed by atoms with E-state index in [1.807, 2.05) is 19.1 Å². The average Bonchev–Trinajstić information content (AvgIpc) is 3.30. The van der Waals surface area contributed by atoms with Crippen LogP contribution in [0, 0.1) is 0 Å². The maximum atomic E-state index is 11.9. The standard InChI is InChI=1S/C22H19N3O4S/c1-2-15-5-9-17(10-6-15)24-20(26)21(27)25-23-14-16-7-11-18(12-8-16)29-22(28)19-4-3-13-30-19/h3-14H,2H2,1H3,(H,24,26)(H,25,27)/b23-14-. The lowest BCUT2D eigenvalue weighted by atomic mass is 10.1. The van der Waals surface area contributed by atoms with E-state index >= 15 is 0 Å². The Morgan fingerprint density at radius 2 is 1.73 bits per heavy atom. The summed E-state index contributed by atoms with van der Waals surface area (Å²) < 4.78 is 5.26. The molecule has 0 bridgehead atoms. The highest BCUT2D eigenvalue weighted by molar-refractivity contribution is 7.12. The second-order valence-corrected chi connectivity index (χ2v) is 7.09. The molecule has 0 spiro atoms. The molecule has 1 aromatic heterocycles. The van der Waals surface area contributed by atoms with Crippen LogP contribution in [-0.4, -0.2) is 24.0 Å². The molecule has 0 unspecified atom stereocenters. The number of rotatable bonds is 6. The molecule has 0 radical (unpaired) electrons. The van der Waals surface area contributed by atoms with Gasteiger partial charge in [0, 0.05) is 5.69 Å². The van der Waals surface area contributed by atoms with E-state index in [0.29, 0.717) is 21.9 Å². The summed E-state index contributed by atoms with van der Waals surface area (Å²) >= 11 is 1.30. The van der Waals surface area contributed by atoms with E-state index in [1.165, 1.54) is 17.6 Å². The molecule has 30 heavy (non-hydrogen) atoms. The predicted octanol–water partition coefficient (Wildman–Crippen LogP) is 3.62. The summed E-state index contributed by atoms with van der Waals surface area (Å²) in [6.07, 6.45) is 2.27. The van der Waals surface area contributed by atoms with E-state index < -0.39 is 17.8 Å². The molecule has 0 aliphatic rings. The Hall–Kier alpha value is -3.78. The van der Waals surface area contributed by atoms with Crippen LogP contribution in [0.3, 0.4) is 0 Å². The smallest absolute Gasteiger partial charge is 0.353 e. The van der Waals surface area contributed by atoms with Crippen molar-refractivity contribution in [2.75, 3.05) is 5.32 Å². The van der Waals surface area contributed by atoms with Crippen LogP contribution in [0.25, 0.3) is 0 Å². The van der Waals surface area contributed by atoms with E-state index in [0.717, 1.165) is 12.0 Å². The summed E-state index contributed by atoms with van der Waals surface area (Å²) in [7, 11) is 0. The van der Waals surface area contributed by atoms with Crippen LogP contribution >= 0.6 is 11.3 Å². The Balaban J connectivity index is 1.48. The molecular weight excluding hydrogens is 402 g/mol. The Kier molecular flexibility index (Phi) is 7.07. The molecule has 8 heteroatoms. The van der Waals surface area contributed by atoms with Gasteiger partial charge in [0.1, 0.15) is 10.6 Å². The number of nitrogens with one attached hydrogen (secondary N) is 2. The van der Waals surface area contributed by atoms with Gasteiger partial charge < -0.3 is 10.1 Å². The van der Waals surface area contributed by atoms with Crippen molar-refractivity contribution >= 4 is 41.0 Å². The van der Waals surface area contributed by atoms with Crippen molar-refractivity contribution in [2.24, 2.45) is 5.10 Å². The van der Waals surface area contributed by atoms with Crippen LogP contribution in [-0.2, 0) is 16.0 Å². The molecule has 0 aliphatic heterocycles. The highest BCUT2D eigenvalue weighted by Crippen LogP contribution is 2.16. The maximum absolute atomic E-state index is 11.9. The quantitative estimate of drug-likeness (QED) is 0.209. The lowest BCUT2D eigenvalue weighted by Gasteiger charge is -2.05. The lowest BCUT2D eigenvalue weighted by molar-refractivity contribution is -0.136. The average molecular weight is 421 g/mol. The van der Waals surface area contributed by atoms with Gasteiger partial charge in [0.2, 0.25) is 0 Å². The zero-order chi connectivity index (χ0) is 21.3. The summed E-state index contributed by atoms with van der Waals surface area (Å²) in [5, 5.41) is 8.08. The maximum Gasteiger partial charge on any atom is 0.353 e. The molecule has 3 rings (SSSR count). The minimum absolute atomic E-state index is 0.392. The normalized spacial score (nSPS) is 10.6. The Morgan fingerprint density at radius 3 is 2.37 bits per heavy atom. The minimum atomic E-state index is -0.882. The number of aryl methyl sites for hydroxylation is 1. The number of hydrogen-bond donors (Lipinski definition) is 2. The number of amides is 2. The molecule has 2 amide bonds. The molecule has 0 atom stereocenters. The number of benzene rings is 2. The van der Waals surface area contributed by atoms with Crippen molar-refractivity contribution in [3.63, 3.8) is 0 Å². The van der Waals surface area contributed by atoms with Crippen LogP contribution in [0.5, 0.6) is 5.75 Å². The van der Waals surface area contributed by atoms with E-state index in [-0.39, 0.29) is 0 Å². The number of hydrazone groups is 1. The van der Waals surface area contributed by atoms with E-state index in [9.17, 15) is 14.4 Å². The summed E-state index contributed by atoms with van der Waals surface area (Å²) in [6.45, 7) is 2.03. The molecule has 152 valence electrons. The molecule has 0 aliphatic carbocycles. The van der Waals surface area contributed by atoms with Gasteiger partial charge in [-0.2, -0.15) is 5.10 Å². The second-order valence-electron chi connectivity index (χ2n) is 6.14. The van der Waals surface area contributed by atoms with Crippen LogP contribution in [0.1, 0.15) is 27.7 Å². The first-order chi connectivity index (χ1) is 14.5. The van der Waals surface area contributed by atoms with Gasteiger partial charge in [-0.1, -0.05) is 25.1 Å². The van der Waals surface area contributed by atoms with Crippen molar-refractivity contribution < 1.29 is 19.1 Å². The number of anilines is 1. The largest absolute Gasteiger partial charge is 0.422 e. The van der Waals surface area contributed by atoms with Gasteiger partial charge >= 0.3 is 17.8 Å². The van der Waals surface area contributed by atoms with Gasteiger partial charge in [-0.25, -0.2) is 10.2 Å². The first kappa shape index (κ1) is 20.9. The van der Waals surface area contributed by atoms with Crippen LogP contribution < -0.4 is 15.5 Å². The number of carbonyl (C=O) groups is 3. The second kappa shape index (κ2) is 10.1. The highest BCUT2D eigenvalue weighted by atomic mass is 32.1. The zero-order valence-corrected chi connectivity index (χ0v) is 16.9. The lowest BCUT2D eigenvalue weighted by Crippen LogP contribution is -2.32. The van der Waals surface area contributed by atoms with Crippen molar-refractivity contribution in [3.05, 3.63) is 82.0 Å². The fraction of sp³-hybridized carbons (Fsp3) is 0.0909. The SMILES string of the molecule is CCc1ccc(NC(=O)C(=O)N/N=C\c2ccc(OC(=O)c3cccs3)cc2)cc1. The Morgan fingerprint density at radius 1 is 1.00 bits per heavy atom. The molecule has 0 saturated heterocycles. The highest BCUT2D eigenvalue weighted by Gasteiger charge is 2.13. The van der Waals surface area contributed by atoms with Crippen molar-refractivity contribution in [1.82, 2.24) is 5.43 Å². The third-order valence-electron chi connectivity index (χ3n) is 4.02. The number of nitrogens with zero attached hydrogens (tertiary/aromatic N) is 1. The van der Waals surface area contributed by atoms with Gasteiger partial charge in [0.05, 0.1) is 6.21 Å². The molecule has 3 aromatic rings. The fourth-order valence-electron chi connectivity index (χ4n) is 2.40. The summed E-state index contributed by atoms with van der Waals surface area (Å²) in [5.41, 5.74) is 4.49. The number of ether oxygens (including phenoxy) is 1. The van der Waals surface area contributed by atoms with Crippen molar-refractivity contribution in [3.8, 4) is 5.75 Å². The fourth-order valence-corrected chi connectivity index (χ4v) is 3.00. The number of hydrogen-bond acceptors (Lipinski definition) is 6. The molecule has 0 fully saturated rings. The van der Waals surface area contributed by atoms with Gasteiger partial charge in [0.15, 0.2) is 0 Å². The number of thiophene rings is 1. The van der Waals surface area contributed by atoms with Gasteiger partial charge in [-0.05, 0) is 65.4 Å². The van der Waals surface area contributed by atoms with Gasteiger partial charge in [-0.15, -0.1) is 11.3 Å². The number of carbonyl (C=O) groups excluding carboxylic acids is 3. The molecule has 2 aromatic carbocycles. The molecule has 1 heterocycles. The summed E-state index contributed by atoms with van der Waals surface area (Å²) in [4.78, 5) is 36.2. The topological polar surface area (TPSA) is 96.9 Å². The van der Waals surface area contributed by atoms with E-state index in [1.54, 1.807) is 53.9 Å². The number of esters is 1. The summed E-state index contributed by atoms with van der Waals surface area (Å²) in [6, 6.07) is 17.3. The predicted molar refractivity (Wildman–Crippen MR) is 116 cm³/mol. The molecular formula is C22H19N3O4S. The molecule has 0 saturated carbocycles. The Bertz CT molecular complexity index is 1040. The minimum Gasteiger partial charge on any atom is -0.422 e. The van der Waals surface area contributed by atoms with E-state index in [4.69, 9.17) is 4.74 Å². The Labute approximate surface area is 177 Å². The van der Waals surface area contributed by atoms with Gasteiger partial charge in [-0.3, -0.25) is 9.59 Å². The third kappa shape index (κ3) is 5.86. The van der Waals surface area contributed by atoms with Crippen LogP contribution in [0.15, 0.2) is 71.1 Å². The zero-order valence-electron chi connectivity index (χ0n) is 16.1. The third-order valence-corrected chi connectivity index (χ3v) is 4.87. The molecule has 7 nitrogen and oxygen atoms in total. The summed E-state index contributed by atoms with van der Waals surface area (Å²) in [5.74, 6) is -1.73. The van der Waals surface area contributed by atoms with Gasteiger partial charge in [0.25, 0.3) is 0 Å². The monoisotopic (exact) mass is 421 g/mol. The first-order valence-corrected chi connectivity index (χ1v) is 10.0. The van der Waals surface area contributed by atoms with Crippen LogP contribution in [0.4, 0.5) is 5.69 Å². The van der Waals surface area contributed by atoms with Crippen LogP contribution in [0.2, 0.25) is 0 Å². The van der Waals surface area contributed by atoms with Crippen molar-refractivity contribution in [1.29, 1.82) is 0 Å².